The maximum absolute atomic E-state index is 11.8. The zero-order chi connectivity index (χ0) is 8.81. The molecular formula is C9H11FOS. The van der Waals surface area contributed by atoms with Crippen molar-refractivity contribution in [1.82, 2.24) is 0 Å². The average molecular weight is 186 g/mol. The number of hydrogen-bond acceptors (Lipinski definition) is 2. The first-order valence-electron chi connectivity index (χ1n) is 3.75. The fraction of sp³-hybridized carbons (Fsp3) is 0.333. The van der Waals surface area contributed by atoms with Crippen LogP contribution in [0.1, 0.15) is 5.56 Å². The highest BCUT2D eigenvalue weighted by atomic mass is 32.2. The molecule has 12 heavy (non-hydrogen) atoms. The molecule has 1 nitrogen and oxygen atoms in total. The van der Waals surface area contributed by atoms with E-state index in [1.807, 2.05) is 24.3 Å². The molecule has 0 aromatic heterocycles. The number of benzene rings is 1. The van der Waals surface area contributed by atoms with Gasteiger partial charge >= 0.3 is 0 Å². The minimum atomic E-state index is -0.311. The van der Waals surface area contributed by atoms with Gasteiger partial charge < -0.3 is 5.11 Å². The van der Waals surface area contributed by atoms with Crippen molar-refractivity contribution >= 4 is 11.8 Å². The molecule has 1 N–H and O–H groups in total. The van der Waals surface area contributed by atoms with Crippen LogP contribution in [-0.2, 0) is 6.61 Å². The smallest absolute Gasteiger partial charge is 0.0988 e. The number of alkyl halides is 1. The van der Waals surface area contributed by atoms with Crippen LogP contribution in [0.3, 0.4) is 0 Å². The third-order valence-electron chi connectivity index (χ3n) is 1.43. The summed E-state index contributed by atoms with van der Waals surface area (Å²) < 4.78 is 11.8. The summed E-state index contributed by atoms with van der Waals surface area (Å²) >= 11 is 1.46. The van der Waals surface area contributed by atoms with E-state index in [4.69, 9.17) is 5.11 Å². The molecule has 0 radical (unpaired) electrons. The maximum atomic E-state index is 11.8. The van der Waals surface area contributed by atoms with Gasteiger partial charge in [0.1, 0.15) is 0 Å². The number of aliphatic hydroxyl groups is 1. The van der Waals surface area contributed by atoms with E-state index in [0.29, 0.717) is 5.75 Å². The summed E-state index contributed by atoms with van der Waals surface area (Å²) in [7, 11) is 0. The first-order valence-corrected chi connectivity index (χ1v) is 4.74. The van der Waals surface area contributed by atoms with Gasteiger partial charge in [0.05, 0.1) is 13.3 Å². The predicted molar refractivity (Wildman–Crippen MR) is 49.1 cm³/mol. The summed E-state index contributed by atoms with van der Waals surface area (Å²) in [4.78, 5) is 1.01. The molecule has 0 aliphatic rings. The Hall–Kier alpha value is -0.540. The van der Waals surface area contributed by atoms with Crippen LogP contribution in [0, 0.1) is 0 Å². The van der Waals surface area contributed by atoms with E-state index in [2.05, 4.69) is 0 Å². The molecule has 0 saturated carbocycles. The van der Waals surface area contributed by atoms with Crippen molar-refractivity contribution in [2.24, 2.45) is 0 Å². The van der Waals surface area contributed by atoms with Crippen LogP contribution in [0.25, 0.3) is 0 Å². The van der Waals surface area contributed by atoms with Gasteiger partial charge in [-0.3, -0.25) is 4.39 Å². The summed E-state index contributed by atoms with van der Waals surface area (Å²) in [5.74, 6) is 0.481. The number of rotatable bonds is 4. The molecule has 0 aliphatic carbocycles. The molecule has 0 aliphatic heterocycles. The van der Waals surface area contributed by atoms with Crippen LogP contribution in [0.2, 0.25) is 0 Å². The highest BCUT2D eigenvalue weighted by Gasteiger charge is 1.94. The second-order valence-electron chi connectivity index (χ2n) is 2.34. The van der Waals surface area contributed by atoms with Crippen LogP contribution in [0.4, 0.5) is 4.39 Å². The van der Waals surface area contributed by atoms with Gasteiger partial charge in [-0.15, -0.1) is 11.8 Å². The van der Waals surface area contributed by atoms with Crippen molar-refractivity contribution in [1.29, 1.82) is 0 Å². The van der Waals surface area contributed by atoms with E-state index >= 15 is 0 Å². The van der Waals surface area contributed by atoms with Gasteiger partial charge in [0, 0.05) is 10.6 Å². The third kappa shape index (κ3) is 2.83. The van der Waals surface area contributed by atoms with Gasteiger partial charge in [-0.05, 0) is 17.7 Å². The van der Waals surface area contributed by atoms with Crippen LogP contribution in [0.15, 0.2) is 29.2 Å². The number of thioether (sulfide) groups is 1. The van der Waals surface area contributed by atoms with Gasteiger partial charge in [0.15, 0.2) is 0 Å². The van der Waals surface area contributed by atoms with Gasteiger partial charge in [-0.2, -0.15) is 0 Å². The van der Waals surface area contributed by atoms with Gasteiger partial charge in [-0.25, -0.2) is 0 Å². The molecule has 0 atom stereocenters. The minimum Gasteiger partial charge on any atom is -0.392 e. The summed E-state index contributed by atoms with van der Waals surface area (Å²) in [5.41, 5.74) is 0.874. The Bertz CT molecular complexity index is 240. The molecule has 0 bridgehead atoms. The molecule has 0 heterocycles. The van der Waals surface area contributed by atoms with Gasteiger partial charge in [-0.1, -0.05) is 12.1 Å². The summed E-state index contributed by atoms with van der Waals surface area (Å²) in [6.07, 6.45) is 0. The highest BCUT2D eigenvalue weighted by molar-refractivity contribution is 7.99. The standard InChI is InChI=1S/C9H11FOS/c10-4-5-12-9-3-1-2-8(6-9)7-11/h1-3,6,11H,4-5,7H2. The Morgan fingerprint density at radius 2 is 2.25 bits per heavy atom. The molecule has 1 aromatic carbocycles. The normalized spacial score (nSPS) is 10.2. The number of hydrogen-bond donors (Lipinski definition) is 1. The SMILES string of the molecule is OCc1cccc(SCCF)c1. The van der Waals surface area contributed by atoms with Crippen LogP contribution >= 0.6 is 11.8 Å². The fourth-order valence-electron chi connectivity index (χ4n) is 0.890. The van der Waals surface area contributed by atoms with Gasteiger partial charge in [0.25, 0.3) is 0 Å². The topological polar surface area (TPSA) is 20.2 Å². The predicted octanol–water partition coefficient (Wildman–Crippen LogP) is 2.24. The minimum absolute atomic E-state index is 0.0457. The Morgan fingerprint density at radius 1 is 1.42 bits per heavy atom. The second-order valence-corrected chi connectivity index (χ2v) is 3.51. The average Bonchev–Trinajstić information content (AvgIpc) is 2.15. The lowest BCUT2D eigenvalue weighted by Crippen LogP contribution is -1.84. The van der Waals surface area contributed by atoms with E-state index in [1.165, 1.54) is 11.8 Å². The molecule has 0 spiro atoms. The second kappa shape index (κ2) is 5.17. The fourth-order valence-corrected chi connectivity index (χ4v) is 1.61. The van der Waals surface area contributed by atoms with Crippen LogP contribution in [-0.4, -0.2) is 17.5 Å². The molecule has 1 rings (SSSR count). The van der Waals surface area contributed by atoms with Gasteiger partial charge in [0.2, 0.25) is 0 Å². The maximum Gasteiger partial charge on any atom is 0.0988 e. The monoisotopic (exact) mass is 186 g/mol. The Morgan fingerprint density at radius 3 is 2.92 bits per heavy atom. The number of halogens is 1. The lowest BCUT2D eigenvalue weighted by atomic mass is 10.2. The summed E-state index contributed by atoms with van der Waals surface area (Å²) in [5, 5.41) is 8.80. The van der Waals surface area contributed by atoms with E-state index in [-0.39, 0.29) is 13.3 Å². The Labute approximate surface area is 75.6 Å². The molecule has 0 fully saturated rings. The van der Waals surface area contributed by atoms with Crippen molar-refractivity contribution in [3.63, 3.8) is 0 Å². The zero-order valence-electron chi connectivity index (χ0n) is 6.66. The van der Waals surface area contributed by atoms with Crippen molar-refractivity contribution in [3.05, 3.63) is 29.8 Å². The molecule has 0 saturated heterocycles. The first-order chi connectivity index (χ1) is 5.86. The van der Waals surface area contributed by atoms with Crippen LogP contribution < -0.4 is 0 Å². The highest BCUT2D eigenvalue weighted by Crippen LogP contribution is 2.18. The lowest BCUT2D eigenvalue weighted by Gasteiger charge is -2.00. The van der Waals surface area contributed by atoms with Crippen molar-refractivity contribution in [2.45, 2.75) is 11.5 Å². The number of aliphatic hydroxyl groups excluding tert-OH is 1. The van der Waals surface area contributed by atoms with E-state index in [1.54, 1.807) is 0 Å². The molecule has 3 heteroatoms. The molecule has 66 valence electrons. The Kier molecular flexibility index (Phi) is 4.11. The lowest BCUT2D eigenvalue weighted by molar-refractivity contribution is 0.281. The largest absolute Gasteiger partial charge is 0.392 e. The molecule has 1 aromatic rings. The van der Waals surface area contributed by atoms with E-state index < -0.39 is 0 Å². The molecule has 0 amide bonds. The van der Waals surface area contributed by atoms with E-state index in [0.717, 1.165) is 10.5 Å². The van der Waals surface area contributed by atoms with Crippen molar-refractivity contribution < 1.29 is 9.50 Å². The van der Waals surface area contributed by atoms with Crippen molar-refractivity contribution in [3.8, 4) is 0 Å². The Balaban J connectivity index is 2.60. The van der Waals surface area contributed by atoms with Crippen LogP contribution in [0.5, 0.6) is 0 Å². The third-order valence-corrected chi connectivity index (χ3v) is 2.37. The summed E-state index contributed by atoms with van der Waals surface area (Å²) in [6.45, 7) is -0.266. The first kappa shape index (κ1) is 9.55. The summed E-state index contributed by atoms with van der Waals surface area (Å²) in [6, 6.07) is 7.51. The molecular weight excluding hydrogens is 175 g/mol. The quantitative estimate of drug-likeness (QED) is 0.728. The zero-order valence-corrected chi connectivity index (χ0v) is 7.48. The molecule has 0 unspecified atom stereocenters. The van der Waals surface area contributed by atoms with E-state index in [9.17, 15) is 4.39 Å². The van der Waals surface area contributed by atoms with Crippen molar-refractivity contribution in [2.75, 3.05) is 12.4 Å².